The summed E-state index contributed by atoms with van der Waals surface area (Å²) in [6.07, 6.45) is 18.6. The summed E-state index contributed by atoms with van der Waals surface area (Å²) >= 11 is 0. The van der Waals surface area contributed by atoms with Gasteiger partial charge < -0.3 is 0 Å². The summed E-state index contributed by atoms with van der Waals surface area (Å²) in [4.78, 5) is 0. The van der Waals surface area contributed by atoms with Crippen molar-refractivity contribution in [3.8, 4) is 0 Å². The minimum atomic E-state index is 0.443. The van der Waals surface area contributed by atoms with Crippen molar-refractivity contribution in [2.24, 2.45) is 5.92 Å². The number of hydrogen-bond donors (Lipinski definition) is 0. The molecule has 84 valence electrons. The Bertz CT molecular complexity index is 557. The van der Waals surface area contributed by atoms with Crippen LogP contribution < -0.4 is 0 Å². The van der Waals surface area contributed by atoms with Gasteiger partial charge in [-0.1, -0.05) is 60.8 Å². The van der Waals surface area contributed by atoms with Crippen LogP contribution in [-0.2, 0) is 0 Å². The van der Waals surface area contributed by atoms with Gasteiger partial charge in [-0.05, 0) is 35.6 Å². The van der Waals surface area contributed by atoms with Crippen molar-refractivity contribution in [2.45, 2.75) is 13.3 Å². The van der Waals surface area contributed by atoms with Crippen molar-refractivity contribution in [1.82, 2.24) is 0 Å². The zero-order valence-electron chi connectivity index (χ0n) is 10.1. The first-order valence-corrected chi connectivity index (χ1v) is 6.10. The van der Waals surface area contributed by atoms with Crippen LogP contribution in [0, 0.1) is 5.92 Å². The second kappa shape index (κ2) is 3.89. The molecule has 1 unspecified atom stereocenters. The zero-order valence-corrected chi connectivity index (χ0v) is 10.1. The summed E-state index contributed by atoms with van der Waals surface area (Å²) in [5, 5.41) is 0. The van der Waals surface area contributed by atoms with Gasteiger partial charge in [-0.25, -0.2) is 0 Å². The largest absolute Gasteiger partial charge is 0.0991 e. The minimum absolute atomic E-state index is 0.443. The van der Waals surface area contributed by atoms with Gasteiger partial charge >= 0.3 is 0 Å². The first-order valence-electron chi connectivity index (χ1n) is 6.10. The Balaban J connectivity index is 2.21. The molecular formula is C17H16. The van der Waals surface area contributed by atoms with Gasteiger partial charge in [0.15, 0.2) is 0 Å². The molecule has 0 aromatic heterocycles. The van der Waals surface area contributed by atoms with E-state index in [1.807, 2.05) is 6.08 Å². The van der Waals surface area contributed by atoms with Gasteiger partial charge in [0.25, 0.3) is 0 Å². The molecule has 3 rings (SSSR count). The third-order valence-electron chi connectivity index (χ3n) is 3.68. The Hall–Kier alpha value is -1.82. The molecule has 1 atom stereocenters. The van der Waals surface area contributed by atoms with Gasteiger partial charge in [0.1, 0.15) is 0 Å². The Morgan fingerprint density at radius 1 is 1.24 bits per heavy atom. The van der Waals surface area contributed by atoms with Crippen LogP contribution in [0.3, 0.4) is 0 Å². The van der Waals surface area contributed by atoms with Crippen molar-refractivity contribution in [3.63, 3.8) is 0 Å². The van der Waals surface area contributed by atoms with Gasteiger partial charge in [0, 0.05) is 5.92 Å². The van der Waals surface area contributed by atoms with E-state index in [1.165, 1.54) is 27.9 Å². The van der Waals surface area contributed by atoms with E-state index in [-0.39, 0.29) is 0 Å². The average molecular weight is 220 g/mol. The smallest absolute Gasteiger partial charge is 0.0308 e. The van der Waals surface area contributed by atoms with Crippen LogP contribution in [0.4, 0.5) is 0 Å². The molecule has 0 heterocycles. The van der Waals surface area contributed by atoms with E-state index in [0.29, 0.717) is 5.92 Å². The Morgan fingerprint density at radius 3 is 2.94 bits per heavy atom. The van der Waals surface area contributed by atoms with Crippen molar-refractivity contribution < 1.29 is 0 Å². The highest BCUT2D eigenvalue weighted by Gasteiger charge is 2.29. The summed E-state index contributed by atoms with van der Waals surface area (Å²) in [5.74, 6) is 0.443. The summed E-state index contributed by atoms with van der Waals surface area (Å²) in [6, 6.07) is 0. The zero-order chi connectivity index (χ0) is 11.8. The van der Waals surface area contributed by atoms with Crippen LogP contribution in [0.5, 0.6) is 0 Å². The van der Waals surface area contributed by atoms with Crippen molar-refractivity contribution in [1.29, 1.82) is 0 Å². The topological polar surface area (TPSA) is 0 Å². The molecule has 3 aliphatic carbocycles. The van der Waals surface area contributed by atoms with E-state index >= 15 is 0 Å². The van der Waals surface area contributed by atoms with Gasteiger partial charge in [0.05, 0.1) is 0 Å². The molecule has 3 aliphatic rings. The summed E-state index contributed by atoms with van der Waals surface area (Å²) in [5.41, 5.74) is 7.13. The maximum Gasteiger partial charge on any atom is 0.0308 e. The Morgan fingerprint density at radius 2 is 2.12 bits per heavy atom. The predicted octanol–water partition coefficient (Wildman–Crippen LogP) is 4.43. The molecule has 0 spiro atoms. The van der Waals surface area contributed by atoms with Gasteiger partial charge in [-0.15, -0.1) is 0 Å². The third kappa shape index (κ3) is 1.52. The first-order chi connectivity index (χ1) is 8.31. The molecule has 0 heteroatoms. The molecule has 0 aromatic carbocycles. The predicted molar refractivity (Wildman–Crippen MR) is 73.5 cm³/mol. The van der Waals surface area contributed by atoms with Gasteiger partial charge in [0.2, 0.25) is 0 Å². The second-order valence-electron chi connectivity index (χ2n) is 4.75. The normalized spacial score (nSPS) is 27.8. The van der Waals surface area contributed by atoms with E-state index in [0.717, 1.165) is 6.42 Å². The molecule has 0 radical (unpaired) electrons. The van der Waals surface area contributed by atoms with E-state index < -0.39 is 0 Å². The van der Waals surface area contributed by atoms with E-state index in [4.69, 9.17) is 0 Å². The number of hydrogen-bond acceptors (Lipinski definition) is 0. The van der Waals surface area contributed by atoms with E-state index in [1.54, 1.807) is 0 Å². The quantitative estimate of drug-likeness (QED) is 0.613. The molecular weight excluding hydrogens is 204 g/mol. The van der Waals surface area contributed by atoms with Crippen molar-refractivity contribution >= 4 is 0 Å². The molecule has 0 fully saturated rings. The minimum Gasteiger partial charge on any atom is -0.0991 e. The summed E-state index contributed by atoms with van der Waals surface area (Å²) in [7, 11) is 0. The molecule has 0 N–H and O–H groups in total. The highest BCUT2D eigenvalue weighted by atomic mass is 14.3. The van der Waals surface area contributed by atoms with Crippen LogP contribution in [0.2, 0.25) is 0 Å². The Kier molecular flexibility index (Phi) is 2.36. The molecule has 0 nitrogen and oxygen atoms in total. The lowest BCUT2D eigenvalue weighted by Crippen LogP contribution is -2.18. The van der Waals surface area contributed by atoms with E-state index in [9.17, 15) is 0 Å². The Labute approximate surface area is 103 Å². The van der Waals surface area contributed by atoms with Crippen molar-refractivity contribution in [3.05, 3.63) is 83.1 Å². The SMILES string of the molecule is C=C/C=C1/C=CC2=C3C(=CC=C(C)C31)CC=C2. The standard InChI is InChI=1S/C17H16/c1-3-5-13-10-11-15-7-4-6-14-9-8-12(2)16(13)17(14)15/h3-5,7-11,16H,1,6H2,2H3/b13-5-. The maximum absolute atomic E-state index is 3.82. The molecule has 0 saturated heterocycles. The van der Waals surface area contributed by atoms with Gasteiger partial charge in [-0.2, -0.15) is 0 Å². The molecule has 0 saturated carbocycles. The summed E-state index contributed by atoms with van der Waals surface area (Å²) in [6.45, 7) is 6.03. The molecule has 0 aromatic rings. The fraction of sp³-hybridized carbons (Fsp3) is 0.176. The molecule has 0 aliphatic heterocycles. The number of allylic oxidation sites excluding steroid dienone is 13. The van der Waals surface area contributed by atoms with Crippen LogP contribution in [-0.4, -0.2) is 0 Å². The third-order valence-corrected chi connectivity index (χ3v) is 3.68. The lowest BCUT2D eigenvalue weighted by molar-refractivity contribution is 0.817. The molecule has 17 heavy (non-hydrogen) atoms. The van der Waals surface area contributed by atoms with Crippen molar-refractivity contribution in [2.75, 3.05) is 0 Å². The molecule has 0 bridgehead atoms. The van der Waals surface area contributed by atoms with E-state index in [2.05, 4.69) is 56.0 Å². The number of rotatable bonds is 1. The van der Waals surface area contributed by atoms with Gasteiger partial charge in [-0.3, -0.25) is 0 Å². The van der Waals surface area contributed by atoms with Crippen LogP contribution in [0.15, 0.2) is 83.1 Å². The maximum atomic E-state index is 3.82. The monoisotopic (exact) mass is 220 g/mol. The lowest BCUT2D eigenvalue weighted by atomic mass is 9.71. The highest BCUT2D eigenvalue weighted by Crippen LogP contribution is 2.44. The first kappa shape index (κ1) is 10.3. The highest BCUT2D eigenvalue weighted by molar-refractivity contribution is 5.63. The second-order valence-corrected chi connectivity index (χ2v) is 4.75. The summed E-state index contributed by atoms with van der Waals surface area (Å²) < 4.78 is 0. The average Bonchev–Trinajstić information content (AvgIpc) is 2.35. The fourth-order valence-corrected chi connectivity index (χ4v) is 2.91. The van der Waals surface area contributed by atoms with Crippen LogP contribution >= 0.6 is 0 Å². The molecule has 0 amide bonds. The fourth-order valence-electron chi connectivity index (χ4n) is 2.91. The lowest BCUT2D eigenvalue weighted by Gasteiger charge is -2.33. The van der Waals surface area contributed by atoms with Crippen LogP contribution in [0.1, 0.15) is 13.3 Å². The van der Waals surface area contributed by atoms with Crippen LogP contribution in [0.25, 0.3) is 0 Å².